The molecule has 0 saturated heterocycles. The number of hydrogen-bond donors (Lipinski definition) is 0. The Balaban J connectivity index is 1.28. The van der Waals surface area contributed by atoms with Crippen molar-refractivity contribution in [1.82, 2.24) is 18.3 Å². The fraction of sp³-hybridized carbons (Fsp3) is 0. The van der Waals surface area contributed by atoms with Crippen molar-refractivity contribution in [3.8, 4) is 28.8 Å². The highest BCUT2D eigenvalue weighted by Crippen LogP contribution is 2.52. The van der Waals surface area contributed by atoms with Crippen LogP contribution in [-0.2, 0) is 0 Å². The average Bonchev–Trinajstić information content (AvgIpc) is 4.21. The summed E-state index contributed by atoms with van der Waals surface area (Å²) < 4.78 is 15.9. The molecule has 0 saturated carbocycles. The van der Waals surface area contributed by atoms with E-state index >= 15 is 0 Å². The first kappa shape index (κ1) is 37.4. The maximum atomic E-state index is 12.3. The molecule has 7 nitrogen and oxygen atoms in total. The summed E-state index contributed by atoms with van der Waals surface area (Å²) in [5.74, 6) is 0. The molecule has 0 fully saturated rings. The van der Waals surface area contributed by atoms with Crippen molar-refractivity contribution < 1.29 is 4.42 Å². The molecular formula is C62H34N6O. The van der Waals surface area contributed by atoms with Crippen molar-refractivity contribution in [3.63, 3.8) is 0 Å². The molecule has 0 aliphatic rings. The first-order chi connectivity index (χ1) is 34.2. The third-order valence-corrected chi connectivity index (χ3v) is 14.4. The van der Waals surface area contributed by atoms with E-state index in [4.69, 9.17) is 9.26 Å². The van der Waals surface area contributed by atoms with Gasteiger partial charge in [-0.3, -0.25) is 0 Å². The Morgan fingerprint density at radius 1 is 0.348 bits per heavy atom. The third-order valence-electron chi connectivity index (χ3n) is 14.4. The largest absolute Gasteiger partial charge is 0.455 e. The number of benzene rings is 10. The highest BCUT2D eigenvalue weighted by atomic mass is 16.3. The lowest BCUT2D eigenvalue weighted by Crippen LogP contribution is -2.14. The van der Waals surface area contributed by atoms with E-state index in [-0.39, 0.29) is 0 Å². The van der Waals surface area contributed by atoms with Crippen LogP contribution >= 0.6 is 0 Å². The van der Waals surface area contributed by atoms with Gasteiger partial charge in [0.1, 0.15) is 17.2 Å². The van der Waals surface area contributed by atoms with Gasteiger partial charge in [0.05, 0.1) is 84.4 Å². The number of nitrogens with zero attached hydrogens (tertiary/aromatic N) is 6. The first-order valence-electron chi connectivity index (χ1n) is 23.0. The lowest BCUT2D eigenvalue weighted by atomic mass is 10.0. The molecule has 5 aromatic heterocycles. The van der Waals surface area contributed by atoms with Crippen LogP contribution in [0, 0.1) is 17.9 Å². The molecule has 15 rings (SSSR count). The molecule has 15 aromatic rings. The summed E-state index contributed by atoms with van der Waals surface area (Å²) in [7, 11) is 0. The summed E-state index contributed by atoms with van der Waals surface area (Å²) in [6.07, 6.45) is 0. The second-order valence-corrected chi connectivity index (χ2v) is 17.7. The van der Waals surface area contributed by atoms with Gasteiger partial charge in [0.15, 0.2) is 0 Å². The average molecular weight is 879 g/mol. The van der Waals surface area contributed by atoms with Crippen molar-refractivity contribution in [1.29, 1.82) is 5.26 Å². The fourth-order valence-electron chi connectivity index (χ4n) is 11.7. The quantitative estimate of drug-likeness (QED) is 0.165. The normalized spacial score (nSPS) is 12.0. The second kappa shape index (κ2) is 13.9. The summed E-state index contributed by atoms with van der Waals surface area (Å²) >= 11 is 0. The minimum atomic E-state index is 0.347. The summed E-state index contributed by atoms with van der Waals surface area (Å²) in [6.45, 7) is 9.62. The van der Waals surface area contributed by atoms with Gasteiger partial charge in [0, 0.05) is 48.5 Å². The Labute approximate surface area is 393 Å². The monoisotopic (exact) mass is 878 g/mol. The zero-order chi connectivity index (χ0) is 45.5. The molecule has 0 amide bonds. The van der Waals surface area contributed by atoms with Gasteiger partial charge >= 0.3 is 0 Å². The van der Waals surface area contributed by atoms with E-state index in [0.717, 1.165) is 109 Å². The van der Waals surface area contributed by atoms with Crippen molar-refractivity contribution in [2.75, 3.05) is 0 Å². The SMILES string of the molecule is [C-]#[N+]c1c(-n2c3ccccc3c3ccccc32)c(C#N)c(-n2c3ccccc3c3ccccc32)c(-n2c3ccccc3c3c4oc5ccccc5c4ccc32)c1-n1c2ccccc2c2ccccc21. The van der Waals surface area contributed by atoms with E-state index < -0.39 is 0 Å². The van der Waals surface area contributed by atoms with Crippen LogP contribution in [0.25, 0.3) is 137 Å². The standard InChI is InChI=1S/C62H34N6O/c1-64-57-58(65-47-26-10-2-18-37(47)38-19-3-11-27-48(38)65)46(36-63)59(66-49-28-12-4-20-39(49)40-21-5-13-29-50(40)66)61(60(57)67-51-30-14-6-22-41(51)42-23-7-15-31-52(42)67)68-53-32-16-8-25-45(53)56-54(68)35-34-44-43-24-9-17-33-55(43)69-62(44)56/h2-35H. The fourth-order valence-corrected chi connectivity index (χ4v) is 11.7. The van der Waals surface area contributed by atoms with Crippen molar-refractivity contribution in [3.05, 3.63) is 223 Å². The van der Waals surface area contributed by atoms with Crippen molar-refractivity contribution in [2.45, 2.75) is 0 Å². The number of para-hydroxylation sites is 8. The van der Waals surface area contributed by atoms with Crippen molar-refractivity contribution >= 4 is 115 Å². The minimum absolute atomic E-state index is 0.347. The molecule has 0 unspecified atom stereocenters. The molecular weight excluding hydrogens is 845 g/mol. The Morgan fingerprint density at radius 3 is 1.16 bits per heavy atom. The molecule has 5 heterocycles. The predicted molar refractivity (Wildman–Crippen MR) is 282 cm³/mol. The molecule has 0 spiro atoms. The van der Waals surface area contributed by atoms with Crippen LogP contribution in [0.1, 0.15) is 5.56 Å². The molecule has 0 atom stereocenters. The zero-order valence-electron chi connectivity index (χ0n) is 36.7. The third kappa shape index (κ3) is 4.82. The van der Waals surface area contributed by atoms with E-state index in [1.165, 1.54) is 0 Å². The molecule has 69 heavy (non-hydrogen) atoms. The number of hydrogen-bond acceptors (Lipinski definition) is 2. The molecule has 0 bridgehead atoms. The Morgan fingerprint density at radius 2 is 0.710 bits per heavy atom. The lowest BCUT2D eigenvalue weighted by Gasteiger charge is -2.27. The van der Waals surface area contributed by atoms with E-state index in [1.807, 2.05) is 24.3 Å². The van der Waals surface area contributed by atoms with E-state index in [9.17, 15) is 11.8 Å². The van der Waals surface area contributed by atoms with E-state index in [2.05, 4.69) is 206 Å². The number of fused-ring (bicyclic) bond motifs is 16. The van der Waals surface area contributed by atoms with Gasteiger partial charge in [0.25, 0.3) is 0 Å². The number of furan rings is 1. The molecule has 0 aliphatic carbocycles. The zero-order valence-corrected chi connectivity index (χ0v) is 36.7. The van der Waals surface area contributed by atoms with Crippen LogP contribution in [0.5, 0.6) is 0 Å². The Hall–Kier alpha value is -9.82. The highest BCUT2D eigenvalue weighted by molar-refractivity contribution is 6.25. The Kier molecular flexibility index (Phi) is 7.51. The smallest absolute Gasteiger partial charge is 0.237 e. The van der Waals surface area contributed by atoms with Gasteiger partial charge < -0.3 is 22.7 Å². The minimum Gasteiger partial charge on any atom is -0.455 e. The summed E-state index contributed by atoms with van der Waals surface area (Å²) in [4.78, 5) is 4.69. The van der Waals surface area contributed by atoms with Crippen LogP contribution in [0.3, 0.4) is 0 Å². The van der Waals surface area contributed by atoms with Gasteiger partial charge in [-0.05, 0) is 60.7 Å². The molecule has 318 valence electrons. The molecule has 7 heteroatoms. The molecule has 0 N–H and O–H groups in total. The summed E-state index contributed by atoms with van der Waals surface area (Å²) in [6, 6.07) is 74.3. The van der Waals surface area contributed by atoms with Gasteiger partial charge in [-0.25, -0.2) is 4.85 Å². The first-order valence-corrected chi connectivity index (χ1v) is 23.0. The highest BCUT2D eigenvalue weighted by Gasteiger charge is 2.35. The van der Waals surface area contributed by atoms with Crippen molar-refractivity contribution in [2.24, 2.45) is 0 Å². The predicted octanol–water partition coefficient (Wildman–Crippen LogP) is 16.4. The number of rotatable bonds is 4. The van der Waals surface area contributed by atoms with Gasteiger partial charge in [-0.15, -0.1) is 0 Å². The number of nitriles is 1. The van der Waals surface area contributed by atoms with Gasteiger partial charge in [0.2, 0.25) is 5.69 Å². The summed E-state index contributed by atoms with van der Waals surface area (Å²) in [5.41, 5.74) is 12.2. The second-order valence-electron chi connectivity index (χ2n) is 17.7. The Bertz CT molecular complexity index is 4510. The van der Waals surface area contributed by atoms with E-state index in [0.29, 0.717) is 34.0 Å². The molecule has 10 aromatic carbocycles. The van der Waals surface area contributed by atoms with E-state index in [1.54, 1.807) is 0 Å². The van der Waals surface area contributed by atoms with Crippen LogP contribution in [0.4, 0.5) is 5.69 Å². The summed E-state index contributed by atoms with van der Waals surface area (Å²) in [5, 5.41) is 22.6. The topological polar surface area (TPSA) is 61.0 Å². The lowest BCUT2D eigenvalue weighted by molar-refractivity contribution is 0.673. The van der Waals surface area contributed by atoms with Crippen LogP contribution in [-0.4, -0.2) is 18.3 Å². The maximum Gasteiger partial charge on any atom is 0.237 e. The van der Waals surface area contributed by atoms with Crippen LogP contribution in [0.2, 0.25) is 0 Å². The van der Waals surface area contributed by atoms with Gasteiger partial charge in [-0.2, -0.15) is 5.26 Å². The molecule has 0 aliphatic heterocycles. The molecule has 0 radical (unpaired) electrons. The maximum absolute atomic E-state index is 12.3. The van der Waals surface area contributed by atoms with Gasteiger partial charge in [-0.1, -0.05) is 146 Å². The van der Waals surface area contributed by atoms with Crippen LogP contribution < -0.4 is 0 Å². The number of aromatic nitrogens is 4. The van der Waals surface area contributed by atoms with Crippen LogP contribution in [0.15, 0.2) is 211 Å².